The molecule has 4 heteroatoms. The van der Waals surface area contributed by atoms with Gasteiger partial charge in [0.05, 0.1) is 0 Å². The Hall–Kier alpha value is -0.740. The minimum Gasteiger partial charge on any atom is -0.454 e. The molecule has 1 atom stereocenters. The first-order valence-corrected chi connectivity index (χ1v) is 7.32. The lowest BCUT2D eigenvalue weighted by Gasteiger charge is -2.31. The minimum atomic E-state index is 0.339. The molecule has 0 spiro atoms. The first-order valence-electron chi connectivity index (χ1n) is 6.53. The number of nitrogens with zero attached hydrogens (tertiary/aromatic N) is 1. The second kappa shape index (κ2) is 5.10. The van der Waals surface area contributed by atoms with Crippen LogP contribution in [0.25, 0.3) is 0 Å². The van der Waals surface area contributed by atoms with Crippen LogP contribution in [-0.4, -0.2) is 24.8 Å². The summed E-state index contributed by atoms with van der Waals surface area (Å²) < 4.78 is 11.9. The number of ether oxygens (including phenoxy) is 2. The van der Waals surface area contributed by atoms with Crippen molar-refractivity contribution >= 4 is 15.9 Å². The van der Waals surface area contributed by atoms with E-state index in [0.29, 0.717) is 6.79 Å². The van der Waals surface area contributed by atoms with Crippen molar-refractivity contribution in [1.82, 2.24) is 4.90 Å². The van der Waals surface area contributed by atoms with Crippen LogP contribution in [0, 0.1) is 5.92 Å². The second-order valence-electron chi connectivity index (χ2n) is 5.28. The van der Waals surface area contributed by atoms with Gasteiger partial charge in [-0.1, -0.05) is 22.9 Å². The predicted molar refractivity (Wildman–Crippen MR) is 73.9 cm³/mol. The maximum Gasteiger partial charge on any atom is 0.231 e. The maximum absolute atomic E-state index is 5.44. The van der Waals surface area contributed by atoms with Gasteiger partial charge in [0.25, 0.3) is 0 Å². The summed E-state index contributed by atoms with van der Waals surface area (Å²) in [6, 6.07) is 4.12. The van der Waals surface area contributed by atoms with Gasteiger partial charge in [0, 0.05) is 17.6 Å². The number of fused-ring (bicyclic) bond motifs is 1. The van der Waals surface area contributed by atoms with Crippen molar-refractivity contribution in [3.05, 3.63) is 22.2 Å². The van der Waals surface area contributed by atoms with Crippen LogP contribution in [0.5, 0.6) is 11.5 Å². The van der Waals surface area contributed by atoms with E-state index in [1.807, 2.05) is 6.07 Å². The summed E-state index contributed by atoms with van der Waals surface area (Å²) in [6.45, 7) is 6.06. The van der Waals surface area contributed by atoms with E-state index in [-0.39, 0.29) is 0 Å². The number of hydrogen-bond donors (Lipinski definition) is 0. The van der Waals surface area contributed by atoms with Crippen LogP contribution in [-0.2, 0) is 6.54 Å². The van der Waals surface area contributed by atoms with Gasteiger partial charge >= 0.3 is 0 Å². The van der Waals surface area contributed by atoms with Gasteiger partial charge in [-0.25, -0.2) is 0 Å². The van der Waals surface area contributed by atoms with Gasteiger partial charge in [0.15, 0.2) is 11.5 Å². The third-order valence-corrected chi connectivity index (χ3v) is 4.41. The predicted octanol–water partition coefficient (Wildman–Crippen LogP) is 3.41. The Kier molecular flexibility index (Phi) is 3.48. The molecule has 18 heavy (non-hydrogen) atoms. The Bertz CT molecular complexity index is 450. The Labute approximate surface area is 116 Å². The molecule has 1 unspecified atom stereocenters. The monoisotopic (exact) mass is 311 g/mol. The van der Waals surface area contributed by atoms with Crippen molar-refractivity contribution < 1.29 is 9.47 Å². The molecule has 0 amide bonds. The van der Waals surface area contributed by atoms with E-state index in [0.717, 1.165) is 28.4 Å². The Morgan fingerprint density at radius 2 is 2.11 bits per heavy atom. The molecule has 1 aromatic carbocycles. The normalized spacial score (nSPS) is 23.3. The van der Waals surface area contributed by atoms with Crippen molar-refractivity contribution in [3.8, 4) is 11.5 Å². The smallest absolute Gasteiger partial charge is 0.231 e. The average molecular weight is 312 g/mol. The van der Waals surface area contributed by atoms with Gasteiger partial charge in [-0.2, -0.15) is 0 Å². The zero-order valence-corrected chi connectivity index (χ0v) is 12.2. The second-order valence-corrected chi connectivity index (χ2v) is 6.13. The fourth-order valence-electron chi connectivity index (χ4n) is 2.75. The van der Waals surface area contributed by atoms with Gasteiger partial charge in [-0.15, -0.1) is 0 Å². The average Bonchev–Trinajstić information content (AvgIpc) is 2.76. The van der Waals surface area contributed by atoms with E-state index in [4.69, 9.17) is 9.47 Å². The molecule has 3 rings (SSSR count). The standard InChI is InChI=1S/C14H18BrNO2/c1-10-3-2-4-16(7-10)8-11-5-13-14(6-12(11)15)18-9-17-13/h5-6,10H,2-4,7-9H2,1H3. The number of halogens is 1. The minimum absolute atomic E-state index is 0.339. The summed E-state index contributed by atoms with van der Waals surface area (Å²) in [5.74, 6) is 2.53. The molecule has 0 saturated carbocycles. The van der Waals surface area contributed by atoms with E-state index >= 15 is 0 Å². The first kappa shape index (κ1) is 12.3. The molecule has 0 N–H and O–H groups in total. The fraction of sp³-hybridized carbons (Fsp3) is 0.571. The Balaban J connectivity index is 1.76. The number of hydrogen-bond acceptors (Lipinski definition) is 3. The third kappa shape index (κ3) is 2.50. The lowest BCUT2D eigenvalue weighted by Crippen LogP contribution is -2.33. The zero-order chi connectivity index (χ0) is 12.5. The molecule has 2 aliphatic rings. The molecule has 3 nitrogen and oxygen atoms in total. The zero-order valence-electron chi connectivity index (χ0n) is 10.6. The van der Waals surface area contributed by atoms with Crippen molar-refractivity contribution in [2.75, 3.05) is 19.9 Å². The molecule has 0 radical (unpaired) electrons. The van der Waals surface area contributed by atoms with Crippen molar-refractivity contribution in [2.45, 2.75) is 26.3 Å². The van der Waals surface area contributed by atoms with Crippen LogP contribution in [0.4, 0.5) is 0 Å². The van der Waals surface area contributed by atoms with Gasteiger partial charge in [-0.3, -0.25) is 4.90 Å². The van der Waals surface area contributed by atoms with E-state index in [2.05, 4.69) is 33.8 Å². The molecule has 0 aromatic heterocycles. The van der Waals surface area contributed by atoms with Gasteiger partial charge in [-0.05, 0) is 43.0 Å². The summed E-state index contributed by atoms with van der Waals surface area (Å²) >= 11 is 3.63. The highest BCUT2D eigenvalue weighted by molar-refractivity contribution is 9.10. The van der Waals surface area contributed by atoms with Crippen LogP contribution in [0.15, 0.2) is 16.6 Å². The van der Waals surface area contributed by atoms with Crippen molar-refractivity contribution in [3.63, 3.8) is 0 Å². The Morgan fingerprint density at radius 3 is 2.89 bits per heavy atom. The summed E-state index contributed by atoms with van der Waals surface area (Å²) in [5, 5.41) is 0. The lowest BCUT2D eigenvalue weighted by molar-refractivity contribution is 0.172. The highest BCUT2D eigenvalue weighted by atomic mass is 79.9. The van der Waals surface area contributed by atoms with E-state index in [1.54, 1.807) is 0 Å². The summed E-state index contributed by atoms with van der Waals surface area (Å²) in [5.41, 5.74) is 1.29. The van der Waals surface area contributed by atoms with Gasteiger partial charge < -0.3 is 9.47 Å². The number of rotatable bonds is 2. The molecular formula is C14H18BrNO2. The molecule has 0 aliphatic carbocycles. The quantitative estimate of drug-likeness (QED) is 0.835. The van der Waals surface area contributed by atoms with Gasteiger partial charge in [0.1, 0.15) is 0 Å². The highest BCUT2D eigenvalue weighted by Gasteiger charge is 2.20. The maximum atomic E-state index is 5.44. The first-order chi connectivity index (χ1) is 8.72. The van der Waals surface area contributed by atoms with E-state index in [9.17, 15) is 0 Å². The molecule has 1 saturated heterocycles. The van der Waals surface area contributed by atoms with Crippen LogP contribution in [0.2, 0.25) is 0 Å². The number of likely N-dealkylation sites (tertiary alicyclic amines) is 1. The SMILES string of the molecule is CC1CCCN(Cc2cc3c(cc2Br)OCO3)C1. The van der Waals surface area contributed by atoms with E-state index < -0.39 is 0 Å². The summed E-state index contributed by atoms with van der Waals surface area (Å²) in [4.78, 5) is 2.52. The molecule has 2 heterocycles. The summed E-state index contributed by atoms with van der Waals surface area (Å²) in [7, 11) is 0. The molecule has 0 bridgehead atoms. The van der Waals surface area contributed by atoms with Gasteiger partial charge in [0.2, 0.25) is 6.79 Å². The van der Waals surface area contributed by atoms with Crippen molar-refractivity contribution in [2.24, 2.45) is 5.92 Å². The topological polar surface area (TPSA) is 21.7 Å². The molecule has 98 valence electrons. The number of benzene rings is 1. The van der Waals surface area contributed by atoms with Crippen LogP contribution >= 0.6 is 15.9 Å². The number of piperidine rings is 1. The van der Waals surface area contributed by atoms with Crippen LogP contribution < -0.4 is 9.47 Å². The lowest BCUT2D eigenvalue weighted by atomic mass is 10.00. The fourth-order valence-corrected chi connectivity index (χ4v) is 3.20. The Morgan fingerprint density at radius 1 is 1.33 bits per heavy atom. The molecule has 1 aromatic rings. The third-order valence-electron chi connectivity index (χ3n) is 3.68. The van der Waals surface area contributed by atoms with Crippen LogP contribution in [0.3, 0.4) is 0 Å². The molecule has 1 fully saturated rings. The van der Waals surface area contributed by atoms with Crippen LogP contribution in [0.1, 0.15) is 25.3 Å². The highest BCUT2D eigenvalue weighted by Crippen LogP contribution is 2.37. The summed E-state index contributed by atoms with van der Waals surface area (Å²) in [6.07, 6.45) is 2.67. The van der Waals surface area contributed by atoms with Crippen molar-refractivity contribution in [1.29, 1.82) is 0 Å². The van der Waals surface area contributed by atoms with E-state index in [1.165, 1.54) is 31.5 Å². The molecular weight excluding hydrogens is 294 g/mol. The molecule has 2 aliphatic heterocycles. The largest absolute Gasteiger partial charge is 0.454 e.